The van der Waals surface area contributed by atoms with Gasteiger partial charge in [0.25, 0.3) is 0 Å². The van der Waals surface area contributed by atoms with E-state index in [1.54, 1.807) is 0 Å². The van der Waals surface area contributed by atoms with E-state index in [1.165, 1.54) is 12.0 Å². The molecule has 1 aromatic heterocycles. The number of anilines is 2. The van der Waals surface area contributed by atoms with Gasteiger partial charge in [-0.25, -0.2) is 0 Å². The van der Waals surface area contributed by atoms with Crippen LogP contribution in [0.15, 0.2) is 36.4 Å². The Kier molecular flexibility index (Phi) is 8.21. The van der Waals surface area contributed by atoms with Gasteiger partial charge in [-0.15, -0.1) is 0 Å². The van der Waals surface area contributed by atoms with Crippen molar-refractivity contribution in [3.05, 3.63) is 52.7 Å². The fourth-order valence-electron chi connectivity index (χ4n) is 6.85. The number of likely N-dealkylation sites (N-methyl/N-ethyl adjacent to an activating group) is 1. The molecule has 2 aromatic carbocycles. The van der Waals surface area contributed by atoms with E-state index in [-0.39, 0.29) is 6.04 Å². The van der Waals surface area contributed by atoms with E-state index in [2.05, 4.69) is 70.8 Å². The van der Waals surface area contributed by atoms with E-state index in [0.29, 0.717) is 37.7 Å². The molecule has 0 spiro atoms. The van der Waals surface area contributed by atoms with E-state index in [1.807, 2.05) is 12.1 Å². The second kappa shape index (κ2) is 12.0. The van der Waals surface area contributed by atoms with Crippen LogP contribution in [-0.2, 0) is 13.0 Å². The minimum atomic E-state index is 0.175. The molecule has 3 aliphatic heterocycles. The lowest BCUT2D eigenvalue weighted by Crippen LogP contribution is -2.55. The molecule has 2 unspecified atom stereocenters. The van der Waals surface area contributed by atoms with Crippen molar-refractivity contribution >= 4 is 33.9 Å². The fourth-order valence-corrected chi connectivity index (χ4v) is 7.13. The zero-order valence-corrected chi connectivity index (χ0v) is 25.1. The molecule has 0 saturated carbocycles. The minimum absolute atomic E-state index is 0.175. The summed E-state index contributed by atoms with van der Waals surface area (Å²) in [6.45, 7) is 10.2. The number of fused-ring (bicyclic) bond motifs is 2. The second-order valence-electron chi connectivity index (χ2n) is 11.9. The first-order valence-electron chi connectivity index (χ1n) is 15.0. The predicted molar refractivity (Wildman–Crippen MR) is 165 cm³/mol. The lowest BCUT2D eigenvalue weighted by atomic mass is 10.0. The second-order valence-corrected chi connectivity index (χ2v) is 12.3. The maximum atomic E-state index is 9.58. The summed E-state index contributed by atoms with van der Waals surface area (Å²) < 4.78 is 6.33. The SMILES string of the molecule is CC(C)N1CCN(c2nc(OCC3CCCN3C)nc3c2CCN(c2cccc4cccc(Cl)c24)C3)CC1CC#N. The third-order valence-corrected chi connectivity index (χ3v) is 9.40. The zero-order valence-electron chi connectivity index (χ0n) is 24.4. The van der Waals surface area contributed by atoms with Gasteiger partial charge in [-0.1, -0.05) is 35.9 Å². The molecule has 9 heteroatoms. The van der Waals surface area contributed by atoms with Gasteiger partial charge < -0.3 is 19.4 Å². The Morgan fingerprint density at radius 1 is 1.05 bits per heavy atom. The van der Waals surface area contributed by atoms with E-state index >= 15 is 0 Å². The third kappa shape index (κ3) is 5.68. The molecule has 0 amide bonds. The molecule has 2 saturated heterocycles. The first-order chi connectivity index (χ1) is 19.9. The summed E-state index contributed by atoms with van der Waals surface area (Å²) in [5, 5.41) is 12.6. The lowest BCUT2D eigenvalue weighted by molar-refractivity contribution is 0.138. The predicted octanol–water partition coefficient (Wildman–Crippen LogP) is 5.13. The van der Waals surface area contributed by atoms with Gasteiger partial charge in [0.15, 0.2) is 0 Å². The zero-order chi connectivity index (χ0) is 28.5. The quantitative estimate of drug-likeness (QED) is 0.385. The van der Waals surface area contributed by atoms with Crippen molar-refractivity contribution in [2.24, 2.45) is 0 Å². The first-order valence-corrected chi connectivity index (χ1v) is 15.3. The molecular weight excluding hydrogens is 534 g/mol. The number of hydrogen-bond acceptors (Lipinski definition) is 8. The van der Waals surface area contributed by atoms with Gasteiger partial charge >= 0.3 is 6.01 Å². The Morgan fingerprint density at radius 2 is 1.88 bits per heavy atom. The number of ether oxygens (including phenoxy) is 1. The van der Waals surface area contributed by atoms with Gasteiger partial charge in [0.1, 0.15) is 12.4 Å². The summed E-state index contributed by atoms with van der Waals surface area (Å²) in [6, 6.07) is 16.3. The van der Waals surface area contributed by atoms with Gasteiger partial charge in [0.05, 0.1) is 29.8 Å². The van der Waals surface area contributed by atoms with Gasteiger partial charge in [0.2, 0.25) is 0 Å². The van der Waals surface area contributed by atoms with Crippen LogP contribution in [-0.4, -0.2) is 84.3 Å². The van der Waals surface area contributed by atoms with E-state index in [4.69, 9.17) is 26.3 Å². The van der Waals surface area contributed by atoms with Crippen LogP contribution in [0.1, 0.15) is 44.4 Å². The number of rotatable bonds is 7. The summed E-state index contributed by atoms with van der Waals surface area (Å²) >= 11 is 6.71. The molecule has 0 bridgehead atoms. The maximum absolute atomic E-state index is 9.58. The number of hydrogen-bond donors (Lipinski definition) is 0. The van der Waals surface area contributed by atoms with E-state index in [9.17, 15) is 5.26 Å². The summed E-state index contributed by atoms with van der Waals surface area (Å²) in [5.74, 6) is 0.978. The van der Waals surface area contributed by atoms with Crippen molar-refractivity contribution in [2.75, 3.05) is 56.2 Å². The number of likely N-dealkylation sites (tertiary alicyclic amines) is 1. The maximum Gasteiger partial charge on any atom is 0.318 e. The Balaban J connectivity index is 1.34. The first kappa shape index (κ1) is 28.0. The average molecular weight is 574 g/mol. The van der Waals surface area contributed by atoms with Gasteiger partial charge in [-0.05, 0) is 64.2 Å². The van der Waals surface area contributed by atoms with Crippen molar-refractivity contribution < 1.29 is 4.74 Å². The topological polar surface area (TPSA) is 71.8 Å². The van der Waals surface area contributed by atoms with Crippen molar-refractivity contribution in [1.29, 1.82) is 5.26 Å². The number of piperazine rings is 1. The number of nitrogens with zero attached hydrogens (tertiary/aromatic N) is 7. The van der Waals surface area contributed by atoms with Crippen molar-refractivity contribution in [3.63, 3.8) is 0 Å². The van der Waals surface area contributed by atoms with Crippen LogP contribution in [0.2, 0.25) is 5.02 Å². The fraction of sp³-hybridized carbons (Fsp3) is 0.531. The molecule has 6 rings (SSSR count). The number of nitriles is 1. The lowest BCUT2D eigenvalue weighted by Gasteiger charge is -2.44. The number of aromatic nitrogens is 2. The molecule has 0 aliphatic carbocycles. The van der Waals surface area contributed by atoms with Crippen LogP contribution in [0.3, 0.4) is 0 Å². The van der Waals surface area contributed by atoms with Crippen LogP contribution < -0.4 is 14.5 Å². The minimum Gasteiger partial charge on any atom is -0.462 e. The average Bonchev–Trinajstić information content (AvgIpc) is 3.39. The Morgan fingerprint density at radius 3 is 2.63 bits per heavy atom. The molecule has 0 radical (unpaired) electrons. The molecule has 2 fully saturated rings. The van der Waals surface area contributed by atoms with Crippen molar-refractivity contribution in [1.82, 2.24) is 19.8 Å². The highest BCUT2D eigenvalue weighted by molar-refractivity contribution is 6.36. The molecule has 41 heavy (non-hydrogen) atoms. The monoisotopic (exact) mass is 573 g/mol. The highest BCUT2D eigenvalue weighted by Crippen LogP contribution is 2.37. The van der Waals surface area contributed by atoms with Crippen LogP contribution >= 0.6 is 11.6 Å². The van der Waals surface area contributed by atoms with Crippen LogP contribution in [0.25, 0.3) is 10.8 Å². The van der Waals surface area contributed by atoms with Crippen LogP contribution in [0, 0.1) is 11.3 Å². The largest absolute Gasteiger partial charge is 0.462 e. The summed E-state index contributed by atoms with van der Waals surface area (Å²) in [4.78, 5) is 19.6. The molecule has 8 nitrogen and oxygen atoms in total. The van der Waals surface area contributed by atoms with Gasteiger partial charge in [0, 0.05) is 60.9 Å². The molecular formula is C32H40ClN7O. The molecule has 2 atom stereocenters. The summed E-state index contributed by atoms with van der Waals surface area (Å²) in [7, 11) is 2.16. The van der Waals surface area contributed by atoms with Gasteiger partial charge in [-0.2, -0.15) is 15.2 Å². The van der Waals surface area contributed by atoms with Crippen LogP contribution in [0.5, 0.6) is 6.01 Å². The molecule has 3 aromatic rings. The number of halogens is 1. The smallest absolute Gasteiger partial charge is 0.318 e. The molecule has 216 valence electrons. The van der Waals surface area contributed by atoms with Crippen LogP contribution in [0.4, 0.5) is 11.5 Å². The number of benzene rings is 2. The van der Waals surface area contributed by atoms with E-state index < -0.39 is 0 Å². The Hall–Kier alpha value is -3.12. The standard InChI is InChI=1S/C32H40ClN7O/c1-22(2)40-18-17-39(19-24(40)12-14-34)31-26-13-16-38(29-11-5-8-23-7-4-10-27(33)30(23)29)20-28(26)35-32(36-31)41-21-25-9-6-15-37(25)3/h4-5,7-8,10-11,22,24-25H,6,9,12-13,15-21H2,1-3H3. The van der Waals surface area contributed by atoms with Crippen molar-refractivity contribution in [3.8, 4) is 12.1 Å². The molecule has 4 heterocycles. The highest BCUT2D eigenvalue weighted by Gasteiger charge is 2.33. The third-order valence-electron chi connectivity index (χ3n) is 9.09. The summed E-state index contributed by atoms with van der Waals surface area (Å²) in [5.41, 5.74) is 3.35. The Bertz CT molecular complexity index is 1430. The highest BCUT2D eigenvalue weighted by atomic mass is 35.5. The summed E-state index contributed by atoms with van der Waals surface area (Å²) in [6.07, 6.45) is 3.68. The molecule has 3 aliphatic rings. The van der Waals surface area contributed by atoms with E-state index in [0.717, 1.165) is 78.6 Å². The normalized spacial score (nSPS) is 21.9. The Labute approximate surface area is 248 Å². The van der Waals surface area contributed by atoms with Gasteiger partial charge in [-0.3, -0.25) is 4.90 Å². The van der Waals surface area contributed by atoms with Crippen molar-refractivity contribution in [2.45, 2.75) is 64.2 Å². The molecule has 0 N–H and O–H groups in total.